The zero-order valence-electron chi connectivity index (χ0n) is 13.5. The van der Waals surface area contributed by atoms with Crippen LogP contribution in [0.3, 0.4) is 0 Å². The molecule has 2 amide bonds. The van der Waals surface area contributed by atoms with Gasteiger partial charge in [0.25, 0.3) is 11.1 Å². The van der Waals surface area contributed by atoms with Gasteiger partial charge in [-0.3, -0.25) is 19.9 Å². The molecule has 1 fully saturated rings. The summed E-state index contributed by atoms with van der Waals surface area (Å²) in [6.07, 6.45) is 6.43. The number of hydrogen-bond donors (Lipinski definition) is 2. The molecule has 8 nitrogen and oxygen atoms in total. The summed E-state index contributed by atoms with van der Waals surface area (Å²) in [4.78, 5) is 31.6. The van der Waals surface area contributed by atoms with Crippen molar-refractivity contribution in [2.24, 2.45) is 0 Å². The molecule has 4 heterocycles. The molecule has 0 bridgehead atoms. The fourth-order valence-electron chi connectivity index (χ4n) is 2.60. The summed E-state index contributed by atoms with van der Waals surface area (Å²) in [6, 6.07) is 3.47. The van der Waals surface area contributed by atoms with Crippen LogP contribution >= 0.6 is 11.8 Å². The van der Waals surface area contributed by atoms with E-state index >= 15 is 0 Å². The van der Waals surface area contributed by atoms with Gasteiger partial charge < -0.3 is 14.9 Å². The summed E-state index contributed by atoms with van der Waals surface area (Å²) in [5.74, 6) is 0.342. The highest BCUT2D eigenvalue weighted by atomic mass is 32.2. The van der Waals surface area contributed by atoms with Crippen molar-refractivity contribution in [3.05, 3.63) is 41.4 Å². The first-order valence-electron chi connectivity index (χ1n) is 7.47. The van der Waals surface area contributed by atoms with Crippen LogP contribution in [-0.2, 0) is 4.79 Å². The van der Waals surface area contributed by atoms with Crippen LogP contribution < -0.4 is 15.8 Å². The number of carbonyl (C=O) groups excluding carboxylic acids is 2. The van der Waals surface area contributed by atoms with Gasteiger partial charge in [0.15, 0.2) is 0 Å². The lowest BCUT2D eigenvalue weighted by Crippen LogP contribution is -2.17. The van der Waals surface area contributed by atoms with Crippen molar-refractivity contribution >= 4 is 45.6 Å². The summed E-state index contributed by atoms with van der Waals surface area (Å²) in [5.41, 5.74) is 8.32. The van der Waals surface area contributed by atoms with Crippen LogP contribution in [0.2, 0.25) is 0 Å². The number of anilines is 1. The lowest BCUT2D eigenvalue weighted by molar-refractivity contribution is -0.115. The first-order chi connectivity index (χ1) is 12.5. The highest BCUT2D eigenvalue weighted by molar-refractivity contribution is 8.18. The number of ether oxygens (including phenoxy) is 1. The summed E-state index contributed by atoms with van der Waals surface area (Å²) < 4.78 is 10.9. The predicted molar refractivity (Wildman–Crippen MR) is 97.3 cm³/mol. The van der Waals surface area contributed by atoms with Crippen molar-refractivity contribution in [3.8, 4) is 17.0 Å². The summed E-state index contributed by atoms with van der Waals surface area (Å²) in [7, 11) is 1.49. The third-order valence-electron chi connectivity index (χ3n) is 3.74. The Morgan fingerprint density at radius 3 is 2.81 bits per heavy atom. The second-order valence-electron chi connectivity index (χ2n) is 5.43. The maximum Gasteiger partial charge on any atom is 0.290 e. The normalized spacial score (nSPS) is 15.7. The van der Waals surface area contributed by atoms with E-state index in [-0.39, 0.29) is 4.91 Å². The van der Waals surface area contributed by atoms with E-state index in [1.807, 2.05) is 0 Å². The van der Waals surface area contributed by atoms with Crippen molar-refractivity contribution in [1.82, 2.24) is 15.3 Å². The predicted octanol–water partition coefficient (Wildman–Crippen LogP) is 2.80. The molecule has 0 aromatic carbocycles. The molecular formula is C17H12N4O4S. The van der Waals surface area contributed by atoms with Crippen molar-refractivity contribution < 1.29 is 18.7 Å². The van der Waals surface area contributed by atoms with Gasteiger partial charge in [0, 0.05) is 41.2 Å². The quantitative estimate of drug-likeness (QED) is 0.677. The van der Waals surface area contributed by atoms with E-state index in [2.05, 4.69) is 15.3 Å². The number of hydrogen-bond acceptors (Lipinski definition) is 8. The molecule has 0 atom stereocenters. The number of carbonyl (C=O) groups is 2. The van der Waals surface area contributed by atoms with Gasteiger partial charge in [-0.25, -0.2) is 4.98 Å². The minimum absolute atomic E-state index is 0.277. The summed E-state index contributed by atoms with van der Waals surface area (Å²) in [5, 5.41) is 2.55. The van der Waals surface area contributed by atoms with Gasteiger partial charge in [0.05, 0.1) is 17.7 Å². The zero-order chi connectivity index (χ0) is 18.3. The average Bonchev–Trinajstić information content (AvgIpc) is 3.16. The molecule has 0 unspecified atom stereocenters. The number of pyridine rings is 2. The van der Waals surface area contributed by atoms with Gasteiger partial charge in [-0.05, 0) is 23.9 Å². The van der Waals surface area contributed by atoms with Crippen LogP contribution in [0, 0.1) is 0 Å². The maximum atomic E-state index is 11.7. The van der Waals surface area contributed by atoms with E-state index in [0.29, 0.717) is 28.5 Å². The molecule has 0 radical (unpaired) electrons. The highest BCUT2D eigenvalue weighted by Crippen LogP contribution is 2.34. The maximum absolute atomic E-state index is 11.7. The van der Waals surface area contributed by atoms with Gasteiger partial charge in [-0.1, -0.05) is 0 Å². The van der Waals surface area contributed by atoms with Crippen LogP contribution in [0.1, 0.15) is 5.76 Å². The van der Waals surface area contributed by atoms with E-state index in [9.17, 15) is 9.59 Å². The lowest BCUT2D eigenvalue weighted by atomic mass is 10.1. The van der Waals surface area contributed by atoms with Gasteiger partial charge in [-0.2, -0.15) is 0 Å². The van der Waals surface area contributed by atoms with Crippen molar-refractivity contribution in [3.63, 3.8) is 0 Å². The van der Waals surface area contributed by atoms with Gasteiger partial charge in [0.1, 0.15) is 11.3 Å². The van der Waals surface area contributed by atoms with E-state index in [0.717, 1.165) is 22.7 Å². The number of methoxy groups -OCH3 is 1. The standard InChI is InChI=1S/C17H12N4O4S/c1-24-16-12(18)3-8(6-20-16)11-7-19-5-9-2-10(25-14(9)11)4-13-15(22)21-17(23)26-13/h2-7H,18H2,1H3,(H,21,22,23). The number of imide groups is 1. The van der Waals surface area contributed by atoms with Crippen LogP contribution in [0.5, 0.6) is 5.88 Å². The molecule has 1 saturated heterocycles. The Kier molecular flexibility index (Phi) is 3.85. The van der Waals surface area contributed by atoms with E-state index in [4.69, 9.17) is 14.9 Å². The molecule has 3 aromatic rings. The summed E-state index contributed by atoms with van der Waals surface area (Å²) >= 11 is 0.831. The minimum Gasteiger partial charge on any atom is -0.480 e. The van der Waals surface area contributed by atoms with Crippen molar-refractivity contribution in [2.45, 2.75) is 0 Å². The first-order valence-corrected chi connectivity index (χ1v) is 8.29. The highest BCUT2D eigenvalue weighted by Gasteiger charge is 2.25. The number of nitrogens with two attached hydrogens (primary N) is 1. The number of aromatic nitrogens is 2. The topological polar surface area (TPSA) is 120 Å². The van der Waals surface area contributed by atoms with Crippen LogP contribution in [0.15, 0.2) is 40.0 Å². The Hall–Kier alpha value is -3.33. The number of nitrogens with one attached hydrogen (secondary N) is 1. The Bertz CT molecular complexity index is 1090. The van der Waals surface area contributed by atoms with Crippen LogP contribution in [0.4, 0.5) is 10.5 Å². The third-order valence-corrected chi connectivity index (χ3v) is 4.55. The molecule has 9 heteroatoms. The average molecular weight is 368 g/mol. The third kappa shape index (κ3) is 2.78. The number of nitrogen functional groups attached to an aromatic ring is 1. The Labute approximate surface area is 151 Å². The van der Waals surface area contributed by atoms with Gasteiger partial charge in [-0.15, -0.1) is 0 Å². The number of amides is 2. The van der Waals surface area contributed by atoms with Crippen molar-refractivity contribution in [1.29, 1.82) is 0 Å². The molecule has 130 valence electrons. The Morgan fingerprint density at radius 2 is 2.12 bits per heavy atom. The second kappa shape index (κ2) is 6.19. The number of nitrogens with zero attached hydrogens (tertiary/aromatic N) is 2. The molecule has 0 spiro atoms. The fourth-order valence-corrected chi connectivity index (χ4v) is 3.26. The molecule has 4 rings (SSSR count). The smallest absolute Gasteiger partial charge is 0.290 e. The molecule has 1 aliphatic rings. The second-order valence-corrected chi connectivity index (χ2v) is 6.44. The monoisotopic (exact) mass is 368 g/mol. The minimum atomic E-state index is -0.439. The Balaban J connectivity index is 1.79. The molecule has 3 aromatic heterocycles. The number of fused-ring (bicyclic) bond motifs is 1. The molecular weight excluding hydrogens is 356 g/mol. The molecule has 0 aliphatic carbocycles. The molecule has 26 heavy (non-hydrogen) atoms. The van der Waals surface area contributed by atoms with E-state index in [1.54, 1.807) is 30.7 Å². The van der Waals surface area contributed by atoms with Gasteiger partial charge in [0.2, 0.25) is 5.88 Å². The van der Waals surface area contributed by atoms with Gasteiger partial charge >= 0.3 is 0 Å². The number of rotatable bonds is 3. The SMILES string of the molecule is COc1ncc(-c2cncc3cc(C=C4SC(=O)NC4=O)oc23)cc1N. The zero-order valence-corrected chi connectivity index (χ0v) is 14.3. The van der Waals surface area contributed by atoms with Crippen LogP contribution in [0.25, 0.3) is 28.2 Å². The fraction of sp³-hybridized carbons (Fsp3) is 0.0588. The first kappa shape index (κ1) is 16.2. The largest absolute Gasteiger partial charge is 0.480 e. The lowest BCUT2D eigenvalue weighted by Gasteiger charge is -2.06. The molecule has 1 aliphatic heterocycles. The molecule has 0 saturated carbocycles. The number of thioether (sulfide) groups is 1. The van der Waals surface area contributed by atoms with Crippen molar-refractivity contribution in [2.75, 3.05) is 12.8 Å². The van der Waals surface area contributed by atoms with Crippen LogP contribution in [-0.4, -0.2) is 28.2 Å². The Morgan fingerprint density at radius 1 is 1.27 bits per heavy atom. The van der Waals surface area contributed by atoms with E-state index < -0.39 is 11.1 Å². The molecule has 3 N–H and O–H groups in total. The number of furan rings is 1. The van der Waals surface area contributed by atoms with E-state index in [1.165, 1.54) is 13.2 Å². The summed E-state index contributed by atoms with van der Waals surface area (Å²) in [6.45, 7) is 0.